The maximum atomic E-state index is 13.9. The van der Waals surface area contributed by atoms with Crippen LogP contribution >= 0.6 is 0 Å². The van der Waals surface area contributed by atoms with Gasteiger partial charge >= 0.3 is 0 Å². The molecule has 0 aliphatic carbocycles. The third-order valence-corrected chi connectivity index (χ3v) is 3.38. The summed E-state index contributed by atoms with van der Waals surface area (Å²) in [6, 6.07) is 3.02. The molecule has 0 amide bonds. The van der Waals surface area contributed by atoms with Crippen LogP contribution in [-0.4, -0.2) is 31.4 Å². The van der Waals surface area contributed by atoms with Crippen molar-refractivity contribution in [2.24, 2.45) is 0 Å². The van der Waals surface area contributed by atoms with Crippen LogP contribution in [0.3, 0.4) is 0 Å². The predicted molar refractivity (Wildman–Crippen MR) is 78.8 cm³/mol. The van der Waals surface area contributed by atoms with E-state index in [0.29, 0.717) is 18.9 Å². The molecule has 1 heterocycles. The van der Waals surface area contributed by atoms with E-state index in [1.54, 1.807) is 6.07 Å². The van der Waals surface area contributed by atoms with Crippen molar-refractivity contribution in [3.8, 4) is 5.75 Å². The van der Waals surface area contributed by atoms with Gasteiger partial charge in [0.15, 0.2) is 11.6 Å². The number of halogens is 1. The second-order valence-corrected chi connectivity index (χ2v) is 6.02. The molecular weight excluding hydrogens is 259 g/mol. The van der Waals surface area contributed by atoms with Crippen molar-refractivity contribution in [1.82, 2.24) is 0 Å². The maximum Gasteiger partial charge on any atom is 0.167 e. The molecule has 1 fully saturated rings. The summed E-state index contributed by atoms with van der Waals surface area (Å²) in [7, 11) is 0. The lowest BCUT2D eigenvalue weighted by atomic mass is 10.0. The van der Waals surface area contributed by atoms with Crippen LogP contribution in [0.25, 0.3) is 0 Å². The molecule has 20 heavy (non-hydrogen) atoms. The Labute approximate surface area is 119 Å². The third kappa shape index (κ3) is 2.98. The van der Waals surface area contributed by atoms with Crippen LogP contribution < -0.4 is 15.4 Å². The highest BCUT2D eigenvalue weighted by Crippen LogP contribution is 2.36. The first kappa shape index (κ1) is 14.9. The summed E-state index contributed by atoms with van der Waals surface area (Å²) < 4.78 is 24.9. The van der Waals surface area contributed by atoms with Crippen molar-refractivity contribution >= 4 is 11.4 Å². The zero-order valence-electron chi connectivity index (χ0n) is 12.6. The molecule has 2 rings (SSSR count). The number of morpholine rings is 1. The monoisotopic (exact) mass is 282 g/mol. The molecule has 1 aliphatic heterocycles. The lowest BCUT2D eigenvalue weighted by Gasteiger charge is -2.44. The van der Waals surface area contributed by atoms with Gasteiger partial charge in [-0.05, 0) is 27.7 Å². The average Bonchev–Trinajstić information content (AvgIpc) is 2.32. The Morgan fingerprint density at radius 3 is 2.70 bits per heavy atom. The normalized spacial score (nSPS) is 18.4. The molecule has 0 radical (unpaired) electrons. The summed E-state index contributed by atoms with van der Waals surface area (Å²) in [6.45, 7) is 9.88. The summed E-state index contributed by atoms with van der Waals surface area (Å²) >= 11 is 0. The van der Waals surface area contributed by atoms with Gasteiger partial charge < -0.3 is 20.1 Å². The Kier molecular flexibility index (Phi) is 4.09. The minimum atomic E-state index is -0.425. The van der Waals surface area contributed by atoms with Crippen molar-refractivity contribution in [1.29, 1.82) is 0 Å². The van der Waals surface area contributed by atoms with Gasteiger partial charge in [-0.1, -0.05) is 0 Å². The van der Waals surface area contributed by atoms with Crippen molar-refractivity contribution in [2.45, 2.75) is 39.3 Å². The second kappa shape index (κ2) is 5.48. The van der Waals surface area contributed by atoms with Crippen LogP contribution in [0.4, 0.5) is 15.8 Å². The standard InChI is InChI=1S/C15H23FN2O2/c1-10(2)20-14-8-13(12(17)7-11(14)16)18-5-6-19-9-15(18,3)4/h7-8,10H,5-6,9,17H2,1-4H3. The molecule has 0 aromatic heterocycles. The van der Waals surface area contributed by atoms with E-state index in [2.05, 4.69) is 18.7 Å². The molecule has 5 heteroatoms. The van der Waals surface area contributed by atoms with Crippen LogP contribution in [0.15, 0.2) is 12.1 Å². The molecule has 1 saturated heterocycles. The molecule has 0 bridgehead atoms. The van der Waals surface area contributed by atoms with Crippen LogP contribution in [-0.2, 0) is 4.74 Å². The van der Waals surface area contributed by atoms with Gasteiger partial charge in [0.1, 0.15) is 0 Å². The number of nitrogen functional groups attached to an aromatic ring is 1. The summed E-state index contributed by atoms with van der Waals surface area (Å²) in [5.41, 5.74) is 7.04. The Morgan fingerprint density at radius 2 is 2.10 bits per heavy atom. The molecule has 112 valence electrons. The van der Waals surface area contributed by atoms with E-state index in [0.717, 1.165) is 12.2 Å². The molecule has 2 N–H and O–H groups in total. The third-order valence-electron chi connectivity index (χ3n) is 3.38. The number of nitrogens with zero attached hydrogens (tertiary/aromatic N) is 1. The molecular formula is C15H23FN2O2. The Hall–Kier alpha value is -1.49. The molecule has 0 unspecified atom stereocenters. The molecule has 4 nitrogen and oxygen atoms in total. The smallest absolute Gasteiger partial charge is 0.167 e. The van der Waals surface area contributed by atoms with E-state index < -0.39 is 5.82 Å². The fraction of sp³-hybridized carbons (Fsp3) is 0.600. The van der Waals surface area contributed by atoms with Crippen molar-refractivity contribution in [3.63, 3.8) is 0 Å². The van der Waals surface area contributed by atoms with Gasteiger partial charge in [-0.2, -0.15) is 0 Å². The number of ether oxygens (including phenoxy) is 2. The van der Waals surface area contributed by atoms with E-state index >= 15 is 0 Å². The van der Waals surface area contributed by atoms with Gasteiger partial charge in [-0.3, -0.25) is 0 Å². The Balaban J connectivity index is 2.40. The highest BCUT2D eigenvalue weighted by molar-refractivity contribution is 5.71. The molecule has 1 aliphatic rings. The van der Waals surface area contributed by atoms with Gasteiger partial charge in [-0.15, -0.1) is 0 Å². The highest BCUT2D eigenvalue weighted by Gasteiger charge is 2.32. The fourth-order valence-electron chi connectivity index (χ4n) is 2.44. The number of rotatable bonds is 3. The summed E-state index contributed by atoms with van der Waals surface area (Å²) in [4.78, 5) is 2.15. The zero-order valence-corrected chi connectivity index (χ0v) is 12.6. The van der Waals surface area contributed by atoms with E-state index in [4.69, 9.17) is 15.2 Å². The first-order valence-corrected chi connectivity index (χ1v) is 6.92. The number of hydrogen-bond donors (Lipinski definition) is 1. The number of nitrogens with two attached hydrogens (primary N) is 1. The van der Waals surface area contributed by atoms with E-state index in [-0.39, 0.29) is 17.4 Å². The maximum absolute atomic E-state index is 13.9. The lowest BCUT2D eigenvalue weighted by Crippen LogP contribution is -2.53. The lowest BCUT2D eigenvalue weighted by molar-refractivity contribution is 0.0644. The van der Waals surface area contributed by atoms with Crippen molar-refractivity contribution in [2.75, 3.05) is 30.4 Å². The molecule has 1 aromatic rings. The van der Waals surface area contributed by atoms with Crippen LogP contribution in [0.2, 0.25) is 0 Å². The molecule has 0 atom stereocenters. The van der Waals surface area contributed by atoms with E-state index in [9.17, 15) is 4.39 Å². The topological polar surface area (TPSA) is 47.7 Å². The number of anilines is 2. The second-order valence-electron chi connectivity index (χ2n) is 6.02. The SMILES string of the molecule is CC(C)Oc1cc(N2CCOCC2(C)C)c(N)cc1F. The summed E-state index contributed by atoms with van der Waals surface area (Å²) in [5.74, 6) is -0.183. The summed E-state index contributed by atoms with van der Waals surface area (Å²) in [6.07, 6.45) is -0.0846. The minimum absolute atomic E-state index is 0.0846. The van der Waals surface area contributed by atoms with E-state index in [1.807, 2.05) is 13.8 Å². The van der Waals surface area contributed by atoms with E-state index in [1.165, 1.54) is 6.07 Å². The zero-order chi connectivity index (χ0) is 14.9. The first-order chi connectivity index (χ1) is 9.31. The Bertz CT molecular complexity index is 489. The quantitative estimate of drug-likeness (QED) is 0.866. The first-order valence-electron chi connectivity index (χ1n) is 6.92. The fourth-order valence-corrected chi connectivity index (χ4v) is 2.44. The highest BCUT2D eigenvalue weighted by atomic mass is 19.1. The van der Waals surface area contributed by atoms with Crippen molar-refractivity contribution < 1.29 is 13.9 Å². The average molecular weight is 282 g/mol. The largest absolute Gasteiger partial charge is 0.488 e. The van der Waals surface area contributed by atoms with Crippen LogP contribution in [0.1, 0.15) is 27.7 Å². The van der Waals surface area contributed by atoms with Gasteiger partial charge in [-0.25, -0.2) is 4.39 Å². The van der Waals surface area contributed by atoms with Crippen molar-refractivity contribution in [3.05, 3.63) is 17.9 Å². The Morgan fingerprint density at radius 1 is 1.40 bits per heavy atom. The van der Waals surface area contributed by atoms with Gasteiger partial charge in [0.05, 0.1) is 36.2 Å². The molecule has 0 saturated carbocycles. The number of hydrogen-bond acceptors (Lipinski definition) is 4. The minimum Gasteiger partial charge on any atom is -0.488 e. The predicted octanol–water partition coefficient (Wildman–Crippen LogP) is 2.81. The molecule has 1 aromatic carbocycles. The summed E-state index contributed by atoms with van der Waals surface area (Å²) in [5, 5.41) is 0. The van der Waals surface area contributed by atoms with Gasteiger partial charge in [0.2, 0.25) is 0 Å². The van der Waals surface area contributed by atoms with Crippen LogP contribution in [0.5, 0.6) is 5.75 Å². The number of benzene rings is 1. The van der Waals surface area contributed by atoms with Gasteiger partial charge in [0, 0.05) is 18.7 Å². The molecule has 0 spiro atoms. The van der Waals surface area contributed by atoms with Crippen LogP contribution in [0, 0.1) is 5.82 Å². The van der Waals surface area contributed by atoms with Gasteiger partial charge in [0.25, 0.3) is 0 Å².